The van der Waals surface area contributed by atoms with Crippen LogP contribution in [0.5, 0.6) is 5.75 Å². The fourth-order valence-corrected chi connectivity index (χ4v) is 2.97. The number of rotatable bonds is 3. The highest BCUT2D eigenvalue weighted by molar-refractivity contribution is 5.91. The van der Waals surface area contributed by atoms with Crippen LogP contribution in [0.3, 0.4) is 0 Å². The predicted molar refractivity (Wildman–Crippen MR) is 87.3 cm³/mol. The van der Waals surface area contributed by atoms with Crippen molar-refractivity contribution in [2.45, 2.75) is 25.3 Å². The molecule has 114 valence electrons. The number of anilines is 1. The number of nitrogens with one attached hydrogen (secondary N) is 2. The van der Waals surface area contributed by atoms with E-state index in [4.69, 9.17) is 4.74 Å². The number of hydrogen-bond acceptors (Lipinski definition) is 2. The van der Waals surface area contributed by atoms with Gasteiger partial charge in [-0.1, -0.05) is 36.4 Å². The molecule has 1 aliphatic carbocycles. The van der Waals surface area contributed by atoms with Gasteiger partial charge in [0.25, 0.3) is 0 Å². The van der Waals surface area contributed by atoms with Crippen LogP contribution in [-0.2, 0) is 6.42 Å². The Morgan fingerprint density at radius 1 is 1.14 bits per heavy atom. The Balaban J connectivity index is 1.70. The van der Waals surface area contributed by atoms with E-state index >= 15 is 0 Å². The van der Waals surface area contributed by atoms with Crippen LogP contribution >= 0.6 is 0 Å². The van der Waals surface area contributed by atoms with Crippen molar-refractivity contribution in [1.82, 2.24) is 5.32 Å². The molecule has 0 fully saturated rings. The van der Waals surface area contributed by atoms with Gasteiger partial charge in [0, 0.05) is 0 Å². The molecular weight excluding hydrogens is 276 g/mol. The summed E-state index contributed by atoms with van der Waals surface area (Å²) in [5.74, 6) is 0.654. The lowest BCUT2D eigenvalue weighted by atomic mass is 9.88. The Morgan fingerprint density at radius 3 is 2.77 bits per heavy atom. The summed E-state index contributed by atoms with van der Waals surface area (Å²) < 4.78 is 5.25. The van der Waals surface area contributed by atoms with Gasteiger partial charge in [-0.2, -0.15) is 0 Å². The van der Waals surface area contributed by atoms with Crippen LogP contribution in [0.2, 0.25) is 0 Å². The van der Waals surface area contributed by atoms with E-state index in [0.717, 1.165) is 19.3 Å². The van der Waals surface area contributed by atoms with E-state index < -0.39 is 0 Å². The number of methoxy groups -OCH3 is 1. The van der Waals surface area contributed by atoms with E-state index in [1.54, 1.807) is 7.11 Å². The molecule has 2 N–H and O–H groups in total. The van der Waals surface area contributed by atoms with Crippen LogP contribution in [0.15, 0.2) is 48.5 Å². The minimum Gasteiger partial charge on any atom is -0.495 e. The van der Waals surface area contributed by atoms with Crippen LogP contribution in [0, 0.1) is 0 Å². The lowest BCUT2D eigenvalue weighted by Crippen LogP contribution is -2.34. The minimum absolute atomic E-state index is 0.0691. The molecular formula is C18H20N2O2. The van der Waals surface area contributed by atoms with E-state index in [0.29, 0.717) is 11.4 Å². The highest BCUT2D eigenvalue weighted by atomic mass is 16.5. The molecule has 0 aromatic heterocycles. The minimum atomic E-state index is -0.203. The first-order valence-electron chi connectivity index (χ1n) is 7.56. The molecule has 1 atom stereocenters. The number of aryl methyl sites for hydroxylation is 1. The van der Waals surface area contributed by atoms with Gasteiger partial charge in [0.15, 0.2) is 0 Å². The van der Waals surface area contributed by atoms with E-state index in [1.807, 2.05) is 30.3 Å². The third-order valence-corrected chi connectivity index (χ3v) is 4.03. The van der Waals surface area contributed by atoms with Crippen LogP contribution < -0.4 is 15.4 Å². The molecule has 1 aliphatic rings. The van der Waals surface area contributed by atoms with E-state index in [-0.39, 0.29) is 12.1 Å². The highest BCUT2D eigenvalue weighted by Gasteiger charge is 2.21. The van der Waals surface area contributed by atoms with Gasteiger partial charge < -0.3 is 15.4 Å². The van der Waals surface area contributed by atoms with Crippen molar-refractivity contribution in [2.75, 3.05) is 12.4 Å². The molecule has 0 saturated heterocycles. The molecule has 0 spiro atoms. The molecule has 4 heteroatoms. The van der Waals surface area contributed by atoms with Crippen LogP contribution in [0.4, 0.5) is 10.5 Å². The smallest absolute Gasteiger partial charge is 0.319 e. The van der Waals surface area contributed by atoms with Crippen LogP contribution in [0.25, 0.3) is 0 Å². The number of ether oxygens (including phenoxy) is 1. The zero-order valence-electron chi connectivity index (χ0n) is 12.6. The molecule has 22 heavy (non-hydrogen) atoms. The summed E-state index contributed by atoms with van der Waals surface area (Å²) in [6.45, 7) is 0. The largest absolute Gasteiger partial charge is 0.495 e. The van der Waals surface area contributed by atoms with Crippen molar-refractivity contribution in [3.8, 4) is 5.75 Å². The molecule has 2 aromatic carbocycles. The van der Waals surface area contributed by atoms with Crippen molar-refractivity contribution < 1.29 is 9.53 Å². The first-order valence-corrected chi connectivity index (χ1v) is 7.56. The van der Waals surface area contributed by atoms with E-state index in [1.165, 1.54) is 11.1 Å². The maximum absolute atomic E-state index is 12.3. The zero-order chi connectivity index (χ0) is 15.4. The summed E-state index contributed by atoms with van der Waals surface area (Å²) in [7, 11) is 1.59. The standard InChI is InChI=1S/C18H20N2O2/c1-22-17-12-5-4-10-16(17)20-18(21)19-15-11-6-8-13-7-2-3-9-14(13)15/h2-5,7,9-10,12,15H,6,8,11H2,1H3,(H2,19,20,21)/t15-/m1/s1. The zero-order valence-corrected chi connectivity index (χ0v) is 12.6. The SMILES string of the molecule is COc1ccccc1NC(=O)N[C@@H]1CCCc2ccccc21. The number of para-hydroxylation sites is 2. The Morgan fingerprint density at radius 2 is 1.91 bits per heavy atom. The van der Waals surface area contributed by atoms with Gasteiger partial charge in [-0.15, -0.1) is 0 Å². The summed E-state index contributed by atoms with van der Waals surface area (Å²) in [4.78, 5) is 12.3. The number of benzene rings is 2. The fourth-order valence-electron chi connectivity index (χ4n) is 2.97. The molecule has 0 heterocycles. The first-order chi connectivity index (χ1) is 10.8. The van der Waals surface area contributed by atoms with Gasteiger partial charge in [0.2, 0.25) is 0 Å². The molecule has 2 amide bonds. The van der Waals surface area contributed by atoms with E-state index in [9.17, 15) is 4.79 Å². The van der Waals surface area contributed by atoms with Crippen molar-refractivity contribution in [1.29, 1.82) is 0 Å². The lowest BCUT2D eigenvalue weighted by molar-refractivity contribution is 0.247. The van der Waals surface area contributed by atoms with Crippen LogP contribution in [0.1, 0.15) is 30.0 Å². The maximum Gasteiger partial charge on any atom is 0.319 e. The summed E-state index contributed by atoms with van der Waals surface area (Å²) in [5.41, 5.74) is 3.23. The second-order valence-corrected chi connectivity index (χ2v) is 5.44. The molecule has 0 aliphatic heterocycles. The van der Waals surface area contributed by atoms with Crippen molar-refractivity contribution in [3.63, 3.8) is 0 Å². The highest BCUT2D eigenvalue weighted by Crippen LogP contribution is 2.29. The second-order valence-electron chi connectivity index (χ2n) is 5.44. The number of urea groups is 1. The summed E-state index contributed by atoms with van der Waals surface area (Å²) in [5, 5.41) is 5.93. The topological polar surface area (TPSA) is 50.4 Å². The third kappa shape index (κ3) is 3.06. The van der Waals surface area contributed by atoms with Gasteiger partial charge in [-0.3, -0.25) is 0 Å². The molecule has 0 unspecified atom stereocenters. The monoisotopic (exact) mass is 296 g/mol. The Bertz CT molecular complexity index is 670. The second kappa shape index (κ2) is 6.52. The number of hydrogen-bond donors (Lipinski definition) is 2. The molecule has 3 rings (SSSR count). The fraction of sp³-hybridized carbons (Fsp3) is 0.278. The normalized spacial score (nSPS) is 16.5. The van der Waals surface area contributed by atoms with Gasteiger partial charge in [0.05, 0.1) is 18.8 Å². The average Bonchev–Trinajstić information content (AvgIpc) is 2.55. The van der Waals surface area contributed by atoms with Crippen molar-refractivity contribution >= 4 is 11.7 Å². The summed E-state index contributed by atoms with van der Waals surface area (Å²) in [6, 6.07) is 15.6. The molecule has 0 bridgehead atoms. The first kappa shape index (κ1) is 14.4. The van der Waals surface area contributed by atoms with Crippen LogP contribution in [-0.4, -0.2) is 13.1 Å². The van der Waals surface area contributed by atoms with Crippen molar-refractivity contribution in [3.05, 3.63) is 59.7 Å². The lowest BCUT2D eigenvalue weighted by Gasteiger charge is -2.26. The molecule has 4 nitrogen and oxygen atoms in total. The van der Waals surface area contributed by atoms with Gasteiger partial charge in [-0.05, 0) is 42.5 Å². The molecule has 0 radical (unpaired) electrons. The van der Waals surface area contributed by atoms with Crippen molar-refractivity contribution in [2.24, 2.45) is 0 Å². The quantitative estimate of drug-likeness (QED) is 0.902. The predicted octanol–water partition coefficient (Wildman–Crippen LogP) is 3.89. The molecule has 0 saturated carbocycles. The third-order valence-electron chi connectivity index (χ3n) is 4.03. The number of amides is 2. The van der Waals surface area contributed by atoms with Gasteiger partial charge in [-0.25, -0.2) is 4.79 Å². The number of carbonyl (C=O) groups excluding carboxylic acids is 1. The van der Waals surface area contributed by atoms with Gasteiger partial charge in [0.1, 0.15) is 5.75 Å². The number of carbonyl (C=O) groups is 1. The summed E-state index contributed by atoms with van der Waals surface area (Å²) in [6.07, 6.45) is 3.15. The Kier molecular flexibility index (Phi) is 4.28. The number of fused-ring (bicyclic) bond motifs is 1. The molecule has 2 aromatic rings. The van der Waals surface area contributed by atoms with Gasteiger partial charge >= 0.3 is 6.03 Å². The Hall–Kier alpha value is -2.49. The Labute approximate surface area is 130 Å². The summed E-state index contributed by atoms with van der Waals surface area (Å²) >= 11 is 0. The van der Waals surface area contributed by atoms with E-state index in [2.05, 4.69) is 28.8 Å². The average molecular weight is 296 g/mol. The maximum atomic E-state index is 12.3.